The molecule has 0 saturated carbocycles. The first-order chi connectivity index (χ1) is 17.2. The minimum Gasteiger partial charge on any atom is -0.873 e. The normalized spacial score (nSPS) is 12.5. The van der Waals surface area contributed by atoms with Crippen LogP contribution in [0.15, 0.2) is 59.7 Å². The maximum atomic E-state index is 11.8. The van der Waals surface area contributed by atoms with Gasteiger partial charge in [-0.1, -0.05) is 119 Å². The van der Waals surface area contributed by atoms with Crippen LogP contribution in [0, 0.1) is 0 Å². The SMILES string of the molecule is CC(C)(C)c1cc([O-])c([O-])c(C(C)(C)C)c1.CC(C)(C)c1ccc(C(C)(C)C)c(N=Cc2ccccn2)c1.[Ni+2]. The van der Waals surface area contributed by atoms with Gasteiger partial charge in [0, 0.05) is 6.20 Å². The molecule has 0 amide bonds. The zero-order valence-corrected chi connectivity index (χ0v) is 26.8. The number of nitrogens with zero attached hydrogens (tertiary/aromatic N) is 2. The quantitative estimate of drug-likeness (QED) is 0.232. The first-order valence-electron chi connectivity index (χ1n) is 13.3. The minimum absolute atomic E-state index is 0. The molecule has 1 aromatic heterocycles. The zero-order valence-electron chi connectivity index (χ0n) is 25.8. The van der Waals surface area contributed by atoms with Gasteiger partial charge in [0.25, 0.3) is 0 Å². The summed E-state index contributed by atoms with van der Waals surface area (Å²) < 4.78 is 0. The molecule has 0 spiro atoms. The summed E-state index contributed by atoms with van der Waals surface area (Å²) in [7, 11) is 0. The van der Waals surface area contributed by atoms with Crippen molar-refractivity contribution in [3.8, 4) is 11.5 Å². The summed E-state index contributed by atoms with van der Waals surface area (Å²) >= 11 is 0. The molecule has 0 fully saturated rings. The van der Waals surface area contributed by atoms with E-state index in [9.17, 15) is 10.2 Å². The molecule has 0 unspecified atom stereocenters. The second kappa shape index (κ2) is 12.7. The van der Waals surface area contributed by atoms with Crippen molar-refractivity contribution in [1.82, 2.24) is 4.98 Å². The van der Waals surface area contributed by atoms with E-state index in [0.29, 0.717) is 5.56 Å². The number of hydrogen-bond acceptors (Lipinski definition) is 4. The third-order valence-corrected chi connectivity index (χ3v) is 6.42. The van der Waals surface area contributed by atoms with Crippen LogP contribution in [0.5, 0.6) is 11.5 Å². The summed E-state index contributed by atoms with van der Waals surface area (Å²) in [4.78, 5) is 9.04. The van der Waals surface area contributed by atoms with Crippen LogP contribution < -0.4 is 10.2 Å². The van der Waals surface area contributed by atoms with Crippen molar-refractivity contribution in [2.45, 2.75) is 105 Å². The van der Waals surface area contributed by atoms with Gasteiger partial charge in [-0.3, -0.25) is 9.98 Å². The fourth-order valence-electron chi connectivity index (χ4n) is 3.92. The summed E-state index contributed by atoms with van der Waals surface area (Å²) in [6.45, 7) is 25.3. The Bertz CT molecular complexity index is 1250. The molecule has 0 aliphatic rings. The second-order valence-corrected chi connectivity index (χ2v) is 14.1. The number of rotatable bonds is 2. The van der Waals surface area contributed by atoms with Crippen molar-refractivity contribution < 1.29 is 26.7 Å². The van der Waals surface area contributed by atoms with Crippen LogP contribution in [0.2, 0.25) is 0 Å². The Morgan fingerprint density at radius 3 is 1.67 bits per heavy atom. The predicted molar refractivity (Wildman–Crippen MR) is 158 cm³/mol. The summed E-state index contributed by atoms with van der Waals surface area (Å²) in [5.41, 5.74) is 5.81. The largest absolute Gasteiger partial charge is 2.00 e. The monoisotopic (exact) mass is 572 g/mol. The number of benzene rings is 2. The molecular formula is C34H46N2NiO2. The first kappa shape index (κ1) is 34.4. The number of aliphatic imine (C=N–C) groups is 1. The fourth-order valence-corrected chi connectivity index (χ4v) is 3.92. The van der Waals surface area contributed by atoms with E-state index in [2.05, 4.69) is 64.7 Å². The van der Waals surface area contributed by atoms with E-state index in [0.717, 1.165) is 16.9 Å². The van der Waals surface area contributed by atoms with Gasteiger partial charge in [0.15, 0.2) is 0 Å². The average molecular weight is 573 g/mol. The Morgan fingerprint density at radius 2 is 1.21 bits per heavy atom. The third-order valence-electron chi connectivity index (χ3n) is 6.42. The Hall–Kier alpha value is -2.65. The number of pyridine rings is 1. The van der Waals surface area contributed by atoms with Crippen molar-refractivity contribution >= 4 is 11.9 Å². The van der Waals surface area contributed by atoms with Crippen LogP contribution in [0.3, 0.4) is 0 Å². The Labute approximate surface area is 247 Å². The van der Waals surface area contributed by atoms with Gasteiger partial charge in [0.2, 0.25) is 0 Å². The van der Waals surface area contributed by atoms with Crippen LogP contribution in [0.4, 0.5) is 5.69 Å². The molecule has 0 N–H and O–H groups in total. The molecule has 0 saturated heterocycles. The average Bonchev–Trinajstić information content (AvgIpc) is 2.77. The van der Waals surface area contributed by atoms with Gasteiger partial charge in [0.1, 0.15) is 0 Å². The molecule has 1 heterocycles. The molecule has 0 aliphatic heterocycles. The zero-order chi connectivity index (χ0) is 29.1. The standard InChI is InChI=1S/C20H26N2.C14H22O2.Ni/c1-19(2,3)15-10-11-17(20(4,5)6)18(13-15)22-14-16-9-7-8-12-21-16;1-13(2,3)9-7-10(14(4,5)6)12(16)11(15)8-9;/h7-14H,1-6H3;7-8,15-16H,1-6H3;/q;;+2/p-2. The molecule has 0 radical (unpaired) electrons. The van der Waals surface area contributed by atoms with Gasteiger partial charge >= 0.3 is 16.5 Å². The van der Waals surface area contributed by atoms with Crippen LogP contribution in [0.25, 0.3) is 0 Å². The van der Waals surface area contributed by atoms with Gasteiger partial charge in [-0.05, 0) is 56.5 Å². The smallest absolute Gasteiger partial charge is 0.873 e. The van der Waals surface area contributed by atoms with Crippen molar-refractivity contribution in [2.75, 3.05) is 0 Å². The molecule has 214 valence electrons. The fraction of sp³-hybridized carbons (Fsp3) is 0.471. The van der Waals surface area contributed by atoms with Crippen molar-refractivity contribution in [2.24, 2.45) is 4.99 Å². The molecule has 5 heteroatoms. The van der Waals surface area contributed by atoms with Gasteiger partial charge in [-0.15, -0.1) is 11.5 Å². The molecule has 2 aromatic carbocycles. The molecule has 4 nitrogen and oxygen atoms in total. The van der Waals surface area contributed by atoms with Gasteiger partial charge in [-0.25, -0.2) is 0 Å². The van der Waals surface area contributed by atoms with E-state index >= 15 is 0 Å². The summed E-state index contributed by atoms with van der Waals surface area (Å²) in [5.74, 6) is -0.752. The molecule has 0 bridgehead atoms. The Kier molecular flexibility index (Phi) is 11.2. The number of hydrogen-bond donors (Lipinski definition) is 0. The van der Waals surface area contributed by atoms with Gasteiger partial charge < -0.3 is 10.2 Å². The summed E-state index contributed by atoms with van der Waals surface area (Å²) in [6.07, 6.45) is 3.63. The van der Waals surface area contributed by atoms with Gasteiger partial charge in [-0.2, -0.15) is 0 Å². The van der Waals surface area contributed by atoms with Crippen LogP contribution in [0.1, 0.15) is 111 Å². The molecule has 3 aromatic rings. The van der Waals surface area contributed by atoms with Crippen LogP contribution in [-0.4, -0.2) is 11.2 Å². The maximum Gasteiger partial charge on any atom is 2.00 e. The summed E-state index contributed by atoms with van der Waals surface area (Å²) in [6, 6.07) is 15.9. The van der Waals surface area contributed by atoms with Crippen molar-refractivity contribution in [3.63, 3.8) is 0 Å². The van der Waals surface area contributed by atoms with E-state index in [1.165, 1.54) is 17.2 Å². The maximum absolute atomic E-state index is 11.8. The first-order valence-corrected chi connectivity index (χ1v) is 13.3. The number of aromatic nitrogens is 1. The van der Waals surface area contributed by atoms with Crippen LogP contribution in [-0.2, 0) is 38.2 Å². The Balaban J connectivity index is 0.000000399. The third kappa shape index (κ3) is 9.80. The van der Waals surface area contributed by atoms with Crippen LogP contribution >= 0.6 is 0 Å². The molecular weight excluding hydrogens is 527 g/mol. The molecule has 39 heavy (non-hydrogen) atoms. The van der Waals surface area contributed by atoms with E-state index in [-0.39, 0.29) is 43.9 Å². The predicted octanol–water partition coefficient (Wildman–Crippen LogP) is 7.85. The summed E-state index contributed by atoms with van der Waals surface area (Å²) in [5, 5.41) is 23.4. The van der Waals surface area contributed by atoms with Crippen molar-refractivity contribution in [1.29, 1.82) is 0 Å². The van der Waals surface area contributed by atoms with Gasteiger partial charge in [0.05, 0.1) is 17.6 Å². The van der Waals surface area contributed by atoms with E-state index in [1.54, 1.807) is 6.20 Å². The van der Waals surface area contributed by atoms with E-state index < -0.39 is 5.75 Å². The molecule has 0 atom stereocenters. The molecule has 3 rings (SSSR count). The minimum atomic E-state index is -0.391. The Morgan fingerprint density at radius 1 is 0.641 bits per heavy atom. The van der Waals surface area contributed by atoms with E-state index in [4.69, 9.17) is 4.99 Å². The topological polar surface area (TPSA) is 71.4 Å². The van der Waals surface area contributed by atoms with Crippen molar-refractivity contribution in [3.05, 3.63) is 82.7 Å². The van der Waals surface area contributed by atoms with E-state index in [1.807, 2.05) is 72.0 Å². The molecule has 0 aliphatic carbocycles. The second-order valence-electron chi connectivity index (χ2n) is 14.1.